The van der Waals surface area contributed by atoms with E-state index in [0.29, 0.717) is 0 Å². The van der Waals surface area contributed by atoms with Gasteiger partial charge in [0.25, 0.3) is 0 Å². The molecule has 0 amide bonds. The molecule has 0 bridgehead atoms. The lowest BCUT2D eigenvalue weighted by molar-refractivity contribution is 0.573. The van der Waals surface area contributed by atoms with Crippen molar-refractivity contribution in [3.05, 3.63) is 54.6 Å². The number of hydrogen-bond acceptors (Lipinski definition) is 1. The Labute approximate surface area is 153 Å². The highest BCUT2D eigenvalue weighted by Gasteiger charge is 2.04. The number of thioether (sulfide) groups is 1. The third-order valence-electron chi connectivity index (χ3n) is 4.48. The smallest absolute Gasteiger partial charge is 0.0150 e. The predicted octanol–water partition coefficient (Wildman–Crippen LogP) is 7.98. The van der Waals surface area contributed by atoms with Crippen LogP contribution in [-0.4, -0.2) is 5.75 Å². The van der Waals surface area contributed by atoms with Gasteiger partial charge in [0.1, 0.15) is 0 Å². The Kier molecular flexibility index (Phi) is 9.72. The maximum absolute atomic E-state index is 2.29. The first-order chi connectivity index (χ1) is 11.9. The van der Waals surface area contributed by atoms with E-state index >= 15 is 0 Å². The minimum Gasteiger partial charge on any atom is -0.126 e. The van der Waals surface area contributed by atoms with Gasteiger partial charge in [0.05, 0.1) is 0 Å². The van der Waals surface area contributed by atoms with E-state index in [2.05, 4.69) is 61.5 Å². The van der Waals surface area contributed by atoms with E-state index in [-0.39, 0.29) is 0 Å². The van der Waals surface area contributed by atoms with Crippen LogP contribution in [0.3, 0.4) is 0 Å². The first-order valence-electron chi connectivity index (χ1n) is 9.69. The minimum absolute atomic E-state index is 1.24. The van der Waals surface area contributed by atoms with E-state index in [9.17, 15) is 0 Å². The first kappa shape index (κ1) is 19.1. The van der Waals surface area contributed by atoms with Crippen molar-refractivity contribution in [2.24, 2.45) is 0 Å². The summed E-state index contributed by atoms with van der Waals surface area (Å²) < 4.78 is 0. The topological polar surface area (TPSA) is 0 Å². The minimum atomic E-state index is 1.24. The molecule has 1 heteroatoms. The summed E-state index contributed by atoms with van der Waals surface area (Å²) in [5.41, 5.74) is 2.70. The quantitative estimate of drug-likeness (QED) is 0.279. The molecule has 0 N–H and O–H groups in total. The first-order valence-corrected chi connectivity index (χ1v) is 10.7. The summed E-state index contributed by atoms with van der Waals surface area (Å²) in [4.78, 5) is 1.42. The van der Waals surface area contributed by atoms with E-state index in [0.717, 1.165) is 0 Å². The van der Waals surface area contributed by atoms with Gasteiger partial charge >= 0.3 is 0 Å². The van der Waals surface area contributed by atoms with Crippen LogP contribution in [0.25, 0.3) is 11.1 Å². The average molecular weight is 341 g/mol. The zero-order valence-corrected chi connectivity index (χ0v) is 16.0. The molecule has 0 atom stereocenters. The maximum atomic E-state index is 2.29. The fraction of sp³-hybridized carbons (Fsp3) is 0.478. The molecule has 0 saturated carbocycles. The predicted molar refractivity (Wildman–Crippen MR) is 110 cm³/mol. The van der Waals surface area contributed by atoms with Crippen molar-refractivity contribution in [2.45, 2.75) is 69.6 Å². The Morgan fingerprint density at radius 3 is 1.92 bits per heavy atom. The van der Waals surface area contributed by atoms with Crippen LogP contribution >= 0.6 is 11.8 Å². The van der Waals surface area contributed by atoms with E-state index in [1.54, 1.807) is 0 Å². The lowest BCUT2D eigenvalue weighted by Gasteiger charge is -2.09. The molecule has 2 aromatic rings. The molecule has 0 unspecified atom stereocenters. The van der Waals surface area contributed by atoms with Gasteiger partial charge in [-0.25, -0.2) is 0 Å². The number of rotatable bonds is 12. The molecule has 130 valence electrons. The summed E-state index contributed by atoms with van der Waals surface area (Å²) in [5.74, 6) is 1.24. The summed E-state index contributed by atoms with van der Waals surface area (Å²) in [6.45, 7) is 2.29. The zero-order chi connectivity index (χ0) is 16.9. The largest absolute Gasteiger partial charge is 0.126 e. The lowest BCUT2D eigenvalue weighted by Crippen LogP contribution is -1.86. The van der Waals surface area contributed by atoms with Crippen molar-refractivity contribution >= 4 is 11.8 Å². The molecule has 0 nitrogen and oxygen atoms in total. The summed E-state index contributed by atoms with van der Waals surface area (Å²) in [6.07, 6.45) is 12.6. The molecule has 0 saturated heterocycles. The zero-order valence-electron chi connectivity index (χ0n) is 15.2. The van der Waals surface area contributed by atoms with Crippen molar-refractivity contribution in [3.8, 4) is 11.1 Å². The molecule has 0 aliphatic carbocycles. The summed E-state index contributed by atoms with van der Waals surface area (Å²) >= 11 is 2.02. The standard InChI is InChI=1S/C23H32S/c1-2-3-4-5-6-7-8-9-15-20-24-23-19-14-13-18-22(23)21-16-11-10-12-17-21/h10-14,16-19H,2-9,15,20H2,1H3. The van der Waals surface area contributed by atoms with Crippen LogP contribution in [0.1, 0.15) is 64.7 Å². The molecular weight excluding hydrogens is 308 g/mol. The van der Waals surface area contributed by atoms with E-state index in [1.807, 2.05) is 11.8 Å². The molecule has 0 fully saturated rings. The van der Waals surface area contributed by atoms with E-state index < -0.39 is 0 Å². The van der Waals surface area contributed by atoms with Gasteiger partial charge < -0.3 is 0 Å². The monoisotopic (exact) mass is 340 g/mol. The van der Waals surface area contributed by atoms with Crippen LogP contribution in [0.2, 0.25) is 0 Å². The molecule has 0 aromatic heterocycles. The average Bonchev–Trinajstić information content (AvgIpc) is 2.64. The van der Waals surface area contributed by atoms with Crippen molar-refractivity contribution in [1.82, 2.24) is 0 Å². The van der Waals surface area contributed by atoms with Gasteiger partial charge in [-0.1, -0.05) is 107 Å². The Hall–Kier alpha value is -1.21. The van der Waals surface area contributed by atoms with Gasteiger partial charge in [-0.15, -0.1) is 11.8 Å². The van der Waals surface area contributed by atoms with Crippen LogP contribution in [0, 0.1) is 0 Å². The Morgan fingerprint density at radius 1 is 0.625 bits per heavy atom. The second-order valence-electron chi connectivity index (χ2n) is 6.54. The highest BCUT2D eigenvalue weighted by molar-refractivity contribution is 7.99. The van der Waals surface area contributed by atoms with Gasteiger partial charge in [-0.3, -0.25) is 0 Å². The third-order valence-corrected chi connectivity index (χ3v) is 5.64. The summed E-state index contributed by atoms with van der Waals surface area (Å²) in [6, 6.07) is 19.6. The van der Waals surface area contributed by atoms with Crippen LogP contribution in [0.15, 0.2) is 59.5 Å². The molecule has 0 heterocycles. The van der Waals surface area contributed by atoms with Crippen molar-refractivity contribution in [3.63, 3.8) is 0 Å². The molecule has 0 aliphatic rings. The highest BCUT2D eigenvalue weighted by atomic mass is 32.2. The molecule has 0 spiro atoms. The van der Waals surface area contributed by atoms with Crippen LogP contribution in [0.5, 0.6) is 0 Å². The lowest BCUT2D eigenvalue weighted by atomic mass is 10.1. The molecule has 0 aliphatic heterocycles. The number of unbranched alkanes of at least 4 members (excludes halogenated alkanes) is 8. The van der Waals surface area contributed by atoms with Crippen molar-refractivity contribution in [2.75, 3.05) is 5.75 Å². The van der Waals surface area contributed by atoms with Gasteiger partial charge in [0.15, 0.2) is 0 Å². The van der Waals surface area contributed by atoms with Gasteiger partial charge in [0, 0.05) is 4.90 Å². The Morgan fingerprint density at radius 2 is 1.21 bits per heavy atom. The van der Waals surface area contributed by atoms with Crippen molar-refractivity contribution in [1.29, 1.82) is 0 Å². The molecular formula is C23H32S. The highest BCUT2D eigenvalue weighted by Crippen LogP contribution is 2.31. The number of benzene rings is 2. The van der Waals surface area contributed by atoms with E-state index in [4.69, 9.17) is 0 Å². The van der Waals surface area contributed by atoms with E-state index in [1.165, 1.54) is 79.6 Å². The fourth-order valence-electron chi connectivity index (χ4n) is 3.04. The Balaban J connectivity index is 1.65. The summed E-state index contributed by atoms with van der Waals surface area (Å²) in [7, 11) is 0. The summed E-state index contributed by atoms with van der Waals surface area (Å²) in [5, 5.41) is 0. The maximum Gasteiger partial charge on any atom is 0.0150 e. The molecule has 2 aromatic carbocycles. The van der Waals surface area contributed by atoms with Gasteiger partial charge in [-0.05, 0) is 29.4 Å². The molecule has 2 rings (SSSR count). The van der Waals surface area contributed by atoms with Crippen LogP contribution in [0.4, 0.5) is 0 Å². The molecule has 24 heavy (non-hydrogen) atoms. The second-order valence-corrected chi connectivity index (χ2v) is 7.68. The Bertz CT molecular complexity index is 547. The number of hydrogen-bond donors (Lipinski definition) is 0. The SMILES string of the molecule is CCCCCCCCCCCSc1ccccc1-c1ccccc1. The van der Waals surface area contributed by atoms with Crippen LogP contribution < -0.4 is 0 Å². The third kappa shape index (κ3) is 7.13. The van der Waals surface area contributed by atoms with Crippen LogP contribution in [-0.2, 0) is 0 Å². The second kappa shape index (κ2) is 12.2. The molecule has 0 radical (unpaired) electrons. The normalized spacial score (nSPS) is 10.9. The fourth-order valence-corrected chi connectivity index (χ4v) is 4.13. The van der Waals surface area contributed by atoms with Gasteiger partial charge in [0.2, 0.25) is 0 Å². The van der Waals surface area contributed by atoms with Crippen molar-refractivity contribution < 1.29 is 0 Å². The van der Waals surface area contributed by atoms with Gasteiger partial charge in [-0.2, -0.15) is 0 Å².